The van der Waals surface area contributed by atoms with Crippen molar-refractivity contribution in [2.45, 2.75) is 64.0 Å². The van der Waals surface area contributed by atoms with Crippen LogP contribution >= 0.6 is 0 Å². The van der Waals surface area contributed by atoms with E-state index in [9.17, 15) is 14.7 Å². The van der Waals surface area contributed by atoms with E-state index >= 15 is 0 Å². The lowest BCUT2D eigenvalue weighted by atomic mass is 9.82. The number of nitrogens with zero attached hydrogens (tertiary/aromatic N) is 4. The second-order valence-corrected chi connectivity index (χ2v) is 9.11. The van der Waals surface area contributed by atoms with Gasteiger partial charge in [-0.15, -0.1) is 5.10 Å². The highest BCUT2D eigenvalue weighted by Crippen LogP contribution is 2.43. The number of aliphatic hydroxyl groups is 2. The molecule has 1 aromatic carbocycles. The summed E-state index contributed by atoms with van der Waals surface area (Å²) in [6.07, 6.45) is 11.2. The molecule has 3 heterocycles. The fourth-order valence-electron chi connectivity index (χ4n) is 4.67. The van der Waals surface area contributed by atoms with Gasteiger partial charge in [-0.1, -0.05) is 37.1 Å². The van der Waals surface area contributed by atoms with Crippen LogP contribution in [0.15, 0.2) is 36.5 Å². The summed E-state index contributed by atoms with van der Waals surface area (Å²) in [5.41, 5.74) is 0.834. The molecule has 2 atom stereocenters. The van der Waals surface area contributed by atoms with Crippen LogP contribution in [0.5, 0.6) is 0 Å². The monoisotopic (exact) mass is 467 g/mol. The molecule has 0 bridgehead atoms. The van der Waals surface area contributed by atoms with E-state index in [1.807, 2.05) is 25.1 Å². The fourth-order valence-corrected chi connectivity index (χ4v) is 4.67. The molecule has 4 rings (SSSR count). The van der Waals surface area contributed by atoms with Crippen LogP contribution in [0.2, 0.25) is 0 Å². The van der Waals surface area contributed by atoms with Crippen molar-refractivity contribution >= 4 is 23.2 Å². The summed E-state index contributed by atoms with van der Waals surface area (Å²) in [6.45, 7) is 3.10. The molecule has 34 heavy (non-hydrogen) atoms. The van der Waals surface area contributed by atoms with Crippen molar-refractivity contribution in [3.63, 3.8) is 0 Å². The van der Waals surface area contributed by atoms with E-state index in [1.54, 1.807) is 27.9 Å². The number of carbonyl (C=O) groups excluding carboxylic acids is 2. The van der Waals surface area contributed by atoms with Crippen molar-refractivity contribution in [1.29, 1.82) is 0 Å². The molecule has 0 unspecified atom stereocenters. The minimum atomic E-state index is -1.71. The number of benzene rings is 1. The van der Waals surface area contributed by atoms with E-state index in [2.05, 4.69) is 15.6 Å². The van der Waals surface area contributed by atoms with Gasteiger partial charge in [-0.2, -0.15) is 0 Å². The number of hydrogen-bond donors (Lipinski definition) is 3. The summed E-state index contributed by atoms with van der Waals surface area (Å²) in [6, 6.07) is 5.40. The van der Waals surface area contributed by atoms with Gasteiger partial charge in [0, 0.05) is 61.6 Å². The van der Waals surface area contributed by atoms with Crippen LogP contribution in [0.3, 0.4) is 0 Å². The third kappa shape index (κ3) is 4.90. The zero-order chi connectivity index (χ0) is 24.1. The first-order chi connectivity index (χ1) is 16.4. The second-order valence-electron chi connectivity index (χ2n) is 9.11. The Labute approximate surface area is 199 Å². The molecule has 0 radical (unpaired) electrons. The van der Waals surface area contributed by atoms with Crippen molar-refractivity contribution in [3.05, 3.63) is 47.8 Å². The van der Waals surface area contributed by atoms with Gasteiger partial charge in [0.25, 0.3) is 5.91 Å². The number of anilines is 2. The Bertz CT molecular complexity index is 1070. The molecule has 1 fully saturated rings. The third-order valence-electron chi connectivity index (χ3n) is 6.71. The van der Waals surface area contributed by atoms with E-state index in [4.69, 9.17) is 5.11 Å². The first-order valence-corrected chi connectivity index (χ1v) is 12.1. The second kappa shape index (κ2) is 10.5. The molecule has 2 aliphatic heterocycles. The minimum absolute atomic E-state index is 0.0336. The molecule has 9 heteroatoms. The van der Waals surface area contributed by atoms with Crippen LogP contribution in [0, 0.1) is 5.92 Å². The smallest absolute Gasteiger partial charge is 0.261 e. The molecule has 2 aliphatic rings. The predicted molar refractivity (Wildman–Crippen MR) is 128 cm³/mol. The first kappa shape index (κ1) is 24.1. The summed E-state index contributed by atoms with van der Waals surface area (Å²) in [5.74, 6) is -0.850. The number of aliphatic hydroxyl groups excluding tert-OH is 1. The van der Waals surface area contributed by atoms with Crippen molar-refractivity contribution in [1.82, 2.24) is 15.0 Å². The van der Waals surface area contributed by atoms with Gasteiger partial charge in [0.1, 0.15) is 0 Å². The fraction of sp³-hybridized carbons (Fsp3) is 0.520. The largest absolute Gasteiger partial charge is 0.396 e. The number of fused-ring (bicyclic) bond motifs is 1. The lowest BCUT2D eigenvalue weighted by Gasteiger charge is -2.29. The van der Waals surface area contributed by atoms with Crippen LogP contribution < -0.4 is 10.2 Å². The minimum Gasteiger partial charge on any atom is -0.396 e. The number of nitrogens with one attached hydrogen (secondary N) is 1. The Balaban J connectivity index is 1.48. The Hall–Kier alpha value is -3.04. The van der Waals surface area contributed by atoms with Gasteiger partial charge in [0.2, 0.25) is 5.91 Å². The van der Waals surface area contributed by atoms with Gasteiger partial charge >= 0.3 is 0 Å². The number of hydrogen-bond acceptors (Lipinski definition) is 6. The number of allylic oxidation sites excluding steroid dienone is 1. The quantitative estimate of drug-likeness (QED) is 0.513. The van der Waals surface area contributed by atoms with Crippen molar-refractivity contribution < 1.29 is 19.8 Å². The molecule has 3 N–H and O–H groups in total. The van der Waals surface area contributed by atoms with Crippen LogP contribution in [-0.2, 0) is 28.2 Å². The molecular formula is C25H33N5O4. The molecule has 2 aromatic rings. The van der Waals surface area contributed by atoms with Crippen LogP contribution in [-0.4, -0.2) is 50.2 Å². The van der Waals surface area contributed by atoms with E-state index in [1.165, 1.54) is 0 Å². The SMILES string of the molecule is C[C@H](/C=C/CCn1cc(CCO)nn1)[C@@]1(O)C(=O)Nc2ccc(N3CCCCCCC3=O)cc21. The highest BCUT2D eigenvalue weighted by atomic mass is 16.3. The zero-order valence-electron chi connectivity index (χ0n) is 19.6. The molecule has 0 spiro atoms. The Morgan fingerprint density at radius 2 is 2.06 bits per heavy atom. The lowest BCUT2D eigenvalue weighted by molar-refractivity contribution is -0.137. The number of aromatic nitrogens is 3. The van der Waals surface area contributed by atoms with Crippen LogP contribution in [0.1, 0.15) is 56.7 Å². The third-order valence-corrected chi connectivity index (χ3v) is 6.71. The number of rotatable bonds is 8. The molecule has 0 saturated carbocycles. The van der Waals surface area contributed by atoms with Crippen molar-refractivity contribution in [2.24, 2.45) is 5.92 Å². The van der Waals surface area contributed by atoms with Crippen molar-refractivity contribution in [2.75, 3.05) is 23.4 Å². The molecule has 2 amide bonds. The maximum absolute atomic E-state index is 12.8. The Morgan fingerprint density at radius 3 is 2.88 bits per heavy atom. The number of aryl methyl sites for hydroxylation is 1. The Morgan fingerprint density at radius 1 is 1.24 bits per heavy atom. The summed E-state index contributed by atoms with van der Waals surface area (Å²) in [7, 11) is 0. The topological polar surface area (TPSA) is 121 Å². The predicted octanol–water partition coefficient (Wildman–Crippen LogP) is 2.53. The zero-order valence-corrected chi connectivity index (χ0v) is 19.6. The summed E-state index contributed by atoms with van der Waals surface area (Å²) in [5, 5.41) is 31.3. The lowest BCUT2D eigenvalue weighted by Crippen LogP contribution is -2.40. The molecule has 0 aliphatic carbocycles. The van der Waals surface area contributed by atoms with Gasteiger partial charge in [0.15, 0.2) is 5.60 Å². The molecule has 9 nitrogen and oxygen atoms in total. The summed E-state index contributed by atoms with van der Waals surface area (Å²) >= 11 is 0. The van der Waals surface area contributed by atoms with Gasteiger partial charge in [-0.3, -0.25) is 14.3 Å². The Kier molecular flexibility index (Phi) is 7.43. The molecule has 1 aromatic heterocycles. The van der Waals surface area contributed by atoms with Crippen LogP contribution in [0.4, 0.5) is 11.4 Å². The average molecular weight is 468 g/mol. The normalized spacial score (nSPS) is 21.9. The maximum atomic E-state index is 12.8. The number of amides is 2. The summed E-state index contributed by atoms with van der Waals surface area (Å²) in [4.78, 5) is 27.3. The highest BCUT2D eigenvalue weighted by molar-refractivity contribution is 6.06. The van der Waals surface area contributed by atoms with Gasteiger partial charge in [0.05, 0.1) is 5.69 Å². The summed E-state index contributed by atoms with van der Waals surface area (Å²) < 4.78 is 1.71. The van der Waals surface area contributed by atoms with Gasteiger partial charge in [-0.05, 0) is 37.5 Å². The molecule has 182 valence electrons. The van der Waals surface area contributed by atoms with E-state index in [-0.39, 0.29) is 12.5 Å². The van der Waals surface area contributed by atoms with E-state index < -0.39 is 17.4 Å². The van der Waals surface area contributed by atoms with Gasteiger partial charge in [-0.25, -0.2) is 0 Å². The van der Waals surface area contributed by atoms with E-state index in [0.29, 0.717) is 43.6 Å². The molecule has 1 saturated heterocycles. The van der Waals surface area contributed by atoms with Gasteiger partial charge < -0.3 is 20.4 Å². The highest BCUT2D eigenvalue weighted by Gasteiger charge is 2.48. The average Bonchev–Trinajstić information content (AvgIpc) is 3.36. The van der Waals surface area contributed by atoms with Crippen molar-refractivity contribution in [3.8, 4) is 0 Å². The first-order valence-electron chi connectivity index (χ1n) is 12.1. The van der Waals surface area contributed by atoms with Crippen LogP contribution in [0.25, 0.3) is 0 Å². The standard InChI is InChI=1S/C25H33N5O4/c1-18(8-5-7-13-29-17-19(12-15-31)27-28-29)25(34)21-16-20(10-11-22(21)26-24(25)33)30-14-6-3-2-4-9-23(30)32/h5,8,10-11,16-18,31,34H,2-4,6-7,9,12-15H2,1H3,(H,26,33)/b8-5+/t18-,25+/m1/s1. The number of carbonyl (C=O) groups is 2. The molecular weight excluding hydrogens is 434 g/mol. The van der Waals surface area contributed by atoms with E-state index in [0.717, 1.165) is 37.1 Å². The maximum Gasteiger partial charge on any atom is 0.261 e.